The van der Waals surface area contributed by atoms with Crippen LogP contribution in [0.25, 0.3) is 11.0 Å². The van der Waals surface area contributed by atoms with Crippen molar-refractivity contribution in [3.05, 3.63) is 83.3 Å². The molecule has 4 aromatic rings. The number of para-hydroxylation sites is 1. The van der Waals surface area contributed by atoms with Crippen LogP contribution in [0.15, 0.2) is 76.2 Å². The van der Waals surface area contributed by atoms with Crippen LogP contribution in [-0.4, -0.2) is 26.1 Å². The van der Waals surface area contributed by atoms with Crippen LogP contribution < -0.4 is 14.6 Å². The molecule has 1 aliphatic rings. The molecule has 0 saturated carbocycles. The van der Waals surface area contributed by atoms with Crippen molar-refractivity contribution in [3.63, 3.8) is 0 Å². The van der Waals surface area contributed by atoms with Crippen molar-refractivity contribution in [2.24, 2.45) is 5.14 Å². The van der Waals surface area contributed by atoms with Crippen LogP contribution in [0.1, 0.15) is 23.7 Å². The molecule has 0 amide bonds. The second-order valence-corrected chi connectivity index (χ2v) is 9.41. The summed E-state index contributed by atoms with van der Waals surface area (Å²) < 4.78 is 41.8. The molecule has 1 unspecified atom stereocenters. The molecule has 2 atom stereocenters. The van der Waals surface area contributed by atoms with Crippen molar-refractivity contribution in [2.45, 2.75) is 23.3 Å². The molecule has 164 valence electrons. The van der Waals surface area contributed by atoms with E-state index in [0.717, 1.165) is 16.5 Å². The van der Waals surface area contributed by atoms with Crippen LogP contribution in [0.2, 0.25) is 5.15 Å². The molecule has 7 nitrogen and oxygen atoms in total. The van der Waals surface area contributed by atoms with E-state index in [-0.39, 0.29) is 10.8 Å². The average molecular weight is 471 g/mol. The van der Waals surface area contributed by atoms with E-state index in [0.29, 0.717) is 35.4 Å². The molecule has 0 saturated heterocycles. The second kappa shape index (κ2) is 8.12. The molecule has 0 spiro atoms. The maximum atomic E-state index is 11.7. The van der Waals surface area contributed by atoms with Gasteiger partial charge in [-0.15, -0.1) is 0 Å². The Morgan fingerprint density at radius 1 is 1.06 bits per heavy atom. The summed E-state index contributed by atoms with van der Waals surface area (Å²) in [5.41, 5.74) is 1.53. The number of halogens is 1. The second-order valence-electron chi connectivity index (χ2n) is 7.49. The first-order chi connectivity index (χ1) is 15.4. The lowest BCUT2D eigenvalue weighted by Crippen LogP contribution is -2.27. The number of hydrogen-bond acceptors (Lipinski definition) is 6. The molecule has 5 rings (SSSR count). The Morgan fingerprint density at radius 3 is 2.69 bits per heavy atom. The van der Waals surface area contributed by atoms with Gasteiger partial charge < -0.3 is 13.9 Å². The number of benzene rings is 2. The zero-order chi connectivity index (χ0) is 22.3. The molecular formula is C23H19ClN2O5S. The molecule has 1 aliphatic heterocycles. The van der Waals surface area contributed by atoms with E-state index in [2.05, 4.69) is 4.98 Å². The number of nitrogens with two attached hydrogens (primary N) is 1. The van der Waals surface area contributed by atoms with Crippen molar-refractivity contribution < 1.29 is 22.3 Å². The number of hydrogen-bond donors (Lipinski definition) is 1. The summed E-state index contributed by atoms with van der Waals surface area (Å²) in [6.45, 7) is 0.306. The largest absolute Gasteiger partial charge is 0.490 e. The Kier molecular flexibility index (Phi) is 5.28. The number of pyridine rings is 1. The van der Waals surface area contributed by atoms with Crippen molar-refractivity contribution in [1.82, 2.24) is 4.98 Å². The van der Waals surface area contributed by atoms with Crippen LogP contribution in [0.4, 0.5) is 0 Å². The normalized spacial score (nSPS) is 17.1. The van der Waals surface area contributed by atoms with Gasteiger partial charge in [-0.25, -0.2) is 18.5 Å². The first kappa shape index (κ1) is 20.8. The van der Waals surface area contributed by atoms with Crippen LogP contribution in [0.5, 0.6) is 11.5 Å². The highest BCUT2D eigenvalue weighted by molar-refractivity contribution is 7.89. The number of ether oxygens (including phenoxy) is 2. The Balaban J connectivity index is 1.59. The highest BCUT2D eigenvalue weighted by Gasteiger charge is 2.34. The van der Waals surface area contributed by atoms with Gasteiger partial charge >= 0.3 is 0 Å². The minimum absolute atomic E-state index is 0.0394. The summed E-state index contributed by atoms with van der Waals surface area (Å²) in [5.74, 6) is 1.06. The Hall–Kier alpha value is -3.07. The molecule has 0 bridgehead atoms. The van der Waals surface area contributed by atoms with Gasteiger partial charge in [-0.2, -0.15) is 0 Å². The van der Waals surface area contributed by atoms with Crippen molar-refractivity contribution in [2.75, 3.05) is 6.61 Å². The van der Waals surface area contributed by atoms with Gasteiger partial charge in [-0.05, 0) is 30.3 Å². The number of furan rings is 1. The van der Waals surface area contributed by atoms with E-state index < -0.39 is 16.1 Å². The average Bonchev–Trinajstić information content (AvgIpc) is 3.07. The highest BCUT2D eigenvalue weighted by Crippen LogP contribution is 2.41. The van der Waals surface area contributed by atoms with Gasteiger partial charge in [-0.3, -0.25) is 0 Å². The fourth-order valence-electron chi connectivity index (χ4n) is 3.94. The summed E-state index contributed by atoms with van der Waals surface area (Å²) in [5, 5.41) is 6.58. The first-order valence-electron chi connectivity index (χ1n) is 9.95. The molecule has 32 heavy (non-hydrogen) atoms. The predicted molar refractivity (Wildman–Crippen MR) is 120 cm³/mol. The van der Waals surface area contributed by atoms with E-state index in [1.165, 1.54) is 12.1 Å². The summed E-state index contributed by atoms with van der Waals surface area (Å²) in [6, 6.07) is 17.8. The summed E-state index contributed by atoms with van der Waals surface area (Å²) in [7, 11) is -3.86. The van der Waals surface area contributed by atoms with Crippen LogP contribution >= 0.6 is 11.6 Å². The zero-order valence-electron chi connectivity index (χ0n) is 16.8. The summed E-state index contributed by atoms with van der Waals surface area (Å²) in [6.07, 6.45) is 1.73. The van der Waals surface area contributed by atoms with Crippen molar-refractivity contribution >= 4 is 32.6 Å². The minimum Gasteiger partial charge on any atom is -0.490 e. The quantitative estimate of drug-likeness (QED) is 0.440. The van der Waals surface area contributed by atoms with Gasteiger partial charge in [0.25, 0.3) is 0 Å². The monoisotopic (exact) mass is 470 g/mol. The van der Waals surface area contributed by atoms with Crippen molar-refractivity contribution in [1.29, 1.82) is 0 Å². The molecule has 9 heteroatoms. The Labute approximate surface area is 189 Å². The predicted octanol–water partition coefficient (Wildman–Crippen LogP) is 4.49. The van der Waals surface area contributed by atoms with Gasteiger partial charge in [-0.1, -0.05) is 35.9 Å². The fourth-order valence-corrected chi connectivity index (χ4v) is 4.71. The number of primary sulfonamides is 1. The van der Waals surface area contributed by atoms with Crippen LogP contribution in [0, 0.1) is 0 Å². The number of aromatic nitrogens is 1. The fraction of sp³-hybridized carbons (Fsp3) is 0.174. The lowest BCUT2D eigenvalue weighted by molar-refractivity contribution is 0.165. The van der Waals surface area contributed by atoms with Crippen LogP contribution in [0.3, 0.4) is 0 Å². The number of sulfonamides is 1. The van der Waals surface area contributed by atoms with E-state index in [9.17, 15) is 8.42 Å². The van der Waals surface area contributed by atoms with E-state index in [1.54, 1.807) is 12.3 Å². The molecule has 3 heterocycles. The van der Waals surface area contributed by atoms with Gasteiger partial charge in [0.1, 0.15) is 22.6 Å². The number of nitrogens with zero attached hydrogens (tertiary/aromatic N) is 1. The first-order valence-corrected chi connectivity index (χ1v) is 11.9. The lowest BCUT2D eigenvalue weighted by Gasteiger charge is -2.25. The number of rotatable bonds is 4. The third-order valence-corrected chi connectivity index (χ3v) is 6.65. The Bertz CT molecular complexity index is 1370. The molecule has 0 radical (unpaired) electrons. The van der Waals surface area contributed by atoms with Gasteiger partial charge in [0.15, 0.2) is 11.5 Å². The molecule has 2 N–H and O–H groups in total. The lowest BCUT2D eigenvalue weighted by atomic mass is 9.90. The third kappa shape index (κ3) is 3.92. The maximum Gasteiger partial charge on any atom is 0.238 e. The van der Waals surface area contributed by atoms with E-state index in [1.807, 2.05) is 42.5 Å². The van der Waals surface area contributed by atoms with E-state index >= 15 is 0 Å². The minimum atomic E-state index is -3.86. The van der Waals surface area contributed by atoms with Crippen LogP contribution in [-0.2, 0) is 10.0 Å². The van der Waals surface area contributed by atoms with Gasteiger partial charge in [0, 0.05) is 29.6 Å². The number of fused-ring (bicyclic) bond motifs is 2. The molecule has 2 aromatic heterocycles. The molecular weight excluding hydrogens is 452 g/mol. The highest BCUT2D eigenvalue weighted by atomic mass is 35.5. The summed E-state index contributed by atoms with van der Waals surface area (Å²) in [4.78, 5) is 4.20. The molecule has 2 aromatic carbocycles. The Morgan fingerprint density at radius 2 is 1.91 bits per heavy atom. The standard InChI is InChI=1S/C23H19ClN2O5S/c24-23-16(5-3-10-26-23)22(21-12-14-4-1-2-6-17(14)30-21)19-9-11-29-20-13-15(32(25,27)28)7-8-18(20)31-19/h1-8,10,12-13,19,22H,9,11H2,(H2,25,27,28)/t19?,22-/m1/s1. The molecule has 0 fully saturated rings. The van der Waals surface area contributed by atoms with Gasteiger partial charge in [0.05, 0.1) is 17.4 Å². The SMILES string of the molecule is NS(=O)(=O)c1ccc2c(c1)OCCC([C@H](c1cc3ccccc3o1)c1cccnc1Cl)O2. The zero-order valence-corrected chi connectivity index (χ0v) is 18.3. The van der Waals surface area contributed by atoms with Gasteiger partial charge in [0.2, 0.25) is 10.0 Å². The van der Waals surface area contributed by atoms with E-state index in [4.69, 9.17) is 30.6 Å². The third-order valence-electron chi connectivity index (χ3n) is 5.43. The summed E-state index contributed by atoms with van der Waals surface area (Å²) >= 11 is 6.48. The molecule has 0 aliphatic carbocycles. The topological polar surface area (TPSA) is 105 Å². The maximum absolute atomic E-state index is 11.7. The smallest absolute Gasteiger partial charge is 0.238 e. The van der Waals surface area contributed by atoms with Crippen molar-refractivity contribution in [3.8, 4) is 11.5 Å².